The Morgan fingerprint density at radius 2 is 2.00 bits per heavy atom. The number of rotatable bonds is 2. The summed E-state index contributed by atoms with van der Waals surface area (Å²) in [6.07, 6.45) is 3.42. The molecule has 0 atom stereocenters. The number of pyridine rings is 1. The number of halogens is 2. The van der Waals surface area contributed by atoms with Gasteiger partial charge in [-0.1, -0.05) is 18.3 Å². The van der Waals surface area contributed by atoms with Crippen LogP contribution in [0.15, 0.2) is 37.1 Å². The molecule has 0 saturated heterocycles. The first kappa shape index (κ1) is 11.0. The van der Waals surface area contributed by atoms with Crippen LogP contribution in [0.3, 0.4) is 0 Å². The smallest absolute Gasteiger partial charge is 0.160 e. The van der Waals surface area contributed by atoms with Crippen molar-refractivity contribution in [2.24, 2.45) is 0 Å². The maximum atomic E-state index is 13.2. The number of hydrogen-bond acceptors (Lipinski definition) is 1. The van der Waals surface area contributed by atoms with Crippen LogP contribution >= 0.6 is 12.2 Å². The molecule has 0 saturated carbocycles. The molecule has 1 aromatic carbocycles. The molecule has 0 unspecified atom stereocenters. The fraction of sp³-hybridized carbons (Fsp3) is 0.0833. The monoisotopic (exact) mass is 237 g/mol. The van der Waals surface area contributed by atoms with Crippen LogP contribution in [0.2, 0.25) is 0 Å². The molecule has 1 aromatic heterocycles. The minimum Gasteiger partial charge on any atom is -0.344 e. The third-order valence-electron chi connectivity index (χ3n) is 2.35. The van der Waals surface area contributed by atoms with Gasteiger partial charge in [-0.3, -0.25) is 0 Å². The molecule has 1 nitrogen and oxygen atoms in total. The Morgan fingerprint density at radius 3 is 2.69 bits per heavy atom. The highest BCUT2D eigenvalue weighted by Gasteiger charge is 2.07. The molecule has 2 rings (SSSR count). The van der Waals surface area contributed by atoms with Crippen molar-refractivity contribution in [2.45, 2.75) is 6.54 Å². The molecule has 82 valence electrons. The number of aromatic nitrogens is 1. The molecule has 4 heteroatoms. The number of allylic oxidation sites excluding steroid dienone is 1. The SMILES string of the molecule is C=CCn1ccc(=S)c2cc(F)c(F)cc21. The lowest BCUT2D eigenvalue weighted by atomic mass is 10.2. The normalized spacial score (nSPS) is 10.6. The maximum absolute atomic E-state index is 13.2. The maximum Gasteiger partial charge on any atom is 0.160 e. The van der Waals surface area contributed by atoms with Crippen molar-refractivity contribution in [2.75, 3.05) is 0 Å². The average Bonchev–Trinajstić information content (AvgIpc) is 2.25. The lowest BCUT2D eigenvalue weighted by Crippen LogP contribution is -1.99. The first-order valence-corrected chi connectivity index (χ1v) is 5.13. The highest BCUT2D eigenvalue weighted by Crippen LogP contribution is 2.20. The van der Waals surface area contributed by atoms with E-state index in [2.05, 4.69) is 6.58 Å². The highest BCUT2D eigenvalue weighted by atomic mass is 32.1. The largest absolute Gasteiger partial charge is 0.344 e. The summed E-state index contributed by atoms with van der Waals surface area (Å²) >= 11 is 5.07. The fourth-order valence-electron chi connectivity index (χ4n) is 1.60. The molecule has 0 radical (unpaired) electrons. The minimum absolute atomic E-state index is 0.509. The van der Waals surface area contributed by atoms with Crippen molar-refractivity contribution in [3.05, 3.63) is 53.2 Å². The van der Waals surface area contributed by atoms with Gasteiger partial charge in [0.25, 0.3) is 0 Å². The van der Waals surface area contributed by atoms with E-state index in [0.717, 1.165) is 12.1 Å². The van der Waals surface area contributed by atoms with Gasteiger partial charge >= 0.3 is 0 Å². The van der Waals surface area contributed by atoms with E-state index in [4.69, 9.17) is 12.2 Å². The summed E-state index contributed by atoms with van der Waals surface area (Å²) in [7, 11) is 0. The molecule has 0 aliphatic rings. The molecule has 16 heavy (non-hydrogen) atoms. The zero-order valence-corrected chi connectivity index (χ0v) is 9.23. The lowest BCUT2D eigenvalue weighted by Gasteiger charge is -2.09. The van der Waals surface area contributed by atoms with Gasteiger partial charge in [-0.2, -0.15) is 0 Å². The first-order chi connectivity index (χ1) is 7.63. The molecule has 0 spiro atoms. The third kappa shape index (κ3) is 1.76. The van der Waals surface area contributed by atoms with E-state index in [1.54, 1.807) is 22.9 Å². The van der Waals surface area contributed by atoms with Crippen molar-refractivity contribution >= 4 is 23.1 Å². The summed E-state index contributed by atoms with van der Waals surface area (Å²) in [5, 5.41) is 0.540. The molecule has 1 heterocycles. The minimum atomic E-state index is -0.880. The predicted molar refractivity (Wildman–Crippen MR) is 62.9 cm³/mol. The van der Waals surface area contributed by atoms with Crippen LogP contribution in [0, 0.1) is 16.1 Å². The molecule has 0 bridgehead atoms. The van der Waals surface area contributed by atoms with Gasteiger partial charge in [-0.15, -0.1) is 6.58 Å². The Bertz CT molecular complexity index is 616. The second kappa shape index (κ2) is 4.14. The third-order valence-corrected chi connectivity index (χ3v) is 2.70. The van der Waals surface area contributed by atoms with Crippen molar-refractivity contribution in [1.82, 2.24) is 4.57 Å². The summed E-state index contributed by atoms with van der Waals surface area (Å²) < 4.78 is 28.5. The second-order valence-corrected chi connectivity index (χ2v) is 3.84. The van der Waals surface area contributed by atoms with E-state index in [1.807, 2.05) is 0 Å². The van der Waals surface area contributed by atoms with Gasteiger partial charge in [-0.05, 0) is 12.1 Å². The van der Waals surface area contributed by atoms with Crippen molar-refractivity contribution in [1.29, 1.82) is 0 Å². The van der Waals surface area contributed by atoms with Gasteiger partial charge in [0.05, 0.1) is 5.52 Å². The summed E-state index contributed by atoms with van der Waals surface area (Å²) in [6.45, 7) is 4.14. The standard InChI is InChI=1S/C12H9F2NS/c1-2-4-15-5-3-12(16)8-6-9(13)10(14)7-11(8)15/h2-3,5-7H,1,4H2. The van der Waals surface area contributed by atoms with Gasteiger partial charge in [0, 0.05) is 28.7 Å². The van der Waals surface area contributed by atoms with Crippen LogP contribution in [0.4, 0.5) is 8.78 Å². The molecule has 0 aliphatic heterocycles. The van der Waals surface area contributed by atoms with E-state index in [-0.39, 0.29) is 0 Å². The number of hydrogen-bond donors (Lipinski definition) is 0. The van der Waals surface area contributed by atoms with Crippen LogP contribution in [-0.2, 0) is 6.54 Å². The molecule has 2 aromatic rings. The van der Waals surface area contributed by atoms with Gasteiger partial charge in [-0.25, -0.2) is 8.78 Å². The summed E-state index contributed by atoms with van der Waals surface area (Å²) in [5.74, 6) is -1.75. The lowest BCUT2D eigenvalue weighted by molar-refractivity contribution is 0.510. The van der Waals surface area contributed by atoms with Crippen LogP contribution in [0.5, 0.6) is 0 Å². The van der Waals surface area contributed by atoms with Crippen LogP contribution < -0.4 is 0 Å². The van der Waals surface area contributed by atoms with Gasteiger partial charge in [0.1, 0.15) is 0 Å². The average molecular weight is 237 g/mol. The van der Waals surface area contributed by atoms with E-state index < -0.39 is 11.6 Å². The quantitative estimate of drug-likeness (QED) is 0.567. The molecular weight excluding hydrogens is 228 g/mol. The van der Waals surface area contributed by atoms with Crippen LogP contribution in [-0.4, -0.2) is 4.57 Å². The Kier molecular flexibility index (Phi) is 2.83. The van der Waals surface area contributed by atoms with Crippen LogP contribution in [0.1, 0.15) is 0 Å². The topological polar surface area (TPSA) is 4.93 Å². The highest BCUT2D eigenvalue weighted by molar-refractivity contribution is 7.71. The van der Waals surface area contributed by atoms with Crippen LogP contribution in [0.25, 0.3) is 10.9 Å². The molecular formula is C12H9F2NS. The molecule has 0 N–H and O–H groups in total. The Labute approximate surface area is 96.6 Å². The Hall–Kier alpha value is -1.55. The summed E-state index contributed by atoms with van der Waals surface area (Å²) in [5.41, 5.74) is 0.575. The van der Waals surface area contributed by atoms with E-state index in [0.29, 0.717) is 22.0 Å². The first-order valence-electron chi connectivity index (χ1n) is 4.72. The Morgan fingerprint density at radius 1 is 1.31 bits per heavy atom. The van der Waals surface area contributed by atoms with Crippen molar-refractivity contribution in [3.8, 4) is 0 Å². The zero-order valence-electron chi connectivity index (χ0n) is 8.41. The number of fused-ring (bicyclic) bond motifs is 1. The van der Waals surface area contributed by atoms with E-state index in [1.165, 1.54) is 0 Å². The molecule has 0 aliphatic carbocycles. The van der Waals surface area contributed by atoms with Gasteiger partial charge in [0.15, 0.2) is 11.6 Å². The fourth-order valence-corrected chi connectivity index (χ4v) is 1.82. The zero-order chi connectivity index (χ0) is 11.7. The predicted octanol–water partition coefficient (Wildman–Crippen LogP) is 3.83. The molecule has 0 amide bonds. The van der Waals surface area contributed by atoms with Gasteiger partial charge in [0.2, 0.25) is 0 Å². The van der Waals surface area contributed by atoms with E-state index >= 15 is 0 Å². The number of benzene rings is 1. The number of nitrogens with zero attached hydrogens (tertiary/aromatic N) is 1. The van der Waals surface area contributed by atoms with E-state index in [9.17, 15) is 8.78 Å². The summed E-state index contributed by atoms with van der Waals surface area (Å²) in [6, 6.07) is 3.98. The van der Waals surface area contributed by atoms with Crippen molar-refractivity contribution < 1.29 is 8.78 Å². The molecule has 0 fully saturated rings. The van der Waals surface area contributed by atoms with Crippen molar-refractivity contribution in [3.63, 3.8) is 0 Å². The van der Waals surface area contributed by atoms with Gasteiger partial charge < -0.3 is 4.57 Å². The Balaban J connectivity index is 2.87. The summed E-state index contributed by atoms with van der Waals surface area (Å²) in [4.78, 5) is 0. The second-order valence-electron chi connectivity index (χ2n) is 3.40.